The zero-order valence-electron chi connectivity index (χ0n) is 15.6. The third-order valence-electron chi connectivity index (χ3n) is 4.46. The summed E-state index contributed by atoms with van der Waals surface area (Å²) in [5, 5.41) is 4.42. The molecular weight excluding hydrogens is 438 g/mol. The predicted octanol–water partition coefficient (Wildman–Crippen LogP) is 6.19. The van der Waals surface area contributed by atoms with Crippen molar-refractivity contribution in [1.82, 2.24) is 9.97 Å². The molecule has 0 unspecified atom stereocenters. The largest absolute Gasteiger partial charge is 0.497 e. The van der Waals surface area contributed by atoms with Gasteiger partial charge in [-0.2, -0.15) is 0 Å². The summed E-state index contributed by atoms with van der Waals surface area (Å²) in [5.74, 6) is 2.16. The van der Waals surface area contributed by atoms with Gasteiger partial charge in [-0.1, -0.05) is 28.1 Å². The quantitative estimate of drug-likeness (QED) is 0.388. The molecule has 28 heavy (non-hydrogen) atoms. The van der Waals surface area contributed by atoms with Crippen molar-refractivity contribution in [3.05, 3.63) is 58.1 Å². The molecule has 0 saturated heterocycles. The number of fused-ring (bicyclic) bond motifs is 1. The maximum atomic E-state index is 5.52. The second-order valence-corrected chi connectivity index (χ2v) is 8.25. The SMILES string of the molecule is COc1ccc(Nc2ncnc3sc(C)c(-c4ccc(Br)cc4)c23)c(OC)c1. The third kappa shape index (κ3) is 3.43. The molecule has 0 spiro atoms. The number of halogens is 1. The fourth-order valence-corrected chi connectivity index (χ4v) is 4.41. The number of methoxy groups -OCH3 is 2. The van der Waals surface area contributed by atoms with Crippen molar-refractivity contribution < 1.29 is 9.47 Å². The van der Waals surface area contributed by atoms with Crippen molar-refractivity contribution >= 4 is 49.0 Å². The molecule has 0 aliphatic heterocycles. The van der Waals surface area contributed by atoms with Crippen molar-refractivity contribution in [3.8, 4) is 22.6 Å². The summed E-state index contributed by atoms with van der Waals surface area (Å²) in [4.78, 5) is 11.2. The van der Waals surface area contributed by atoms with Crippen molar-refractivity contribution in [1.29, 1.82) is 0 Å². The van der Waals surface area contributed by atoms with Gasteiger partial charge >= 0.3 is 0 Å². The molecule has 0 radical (unpaired) electrons. The van der Waals surface area contributed by atoms with Crippen LogP contribution in [0.1, 0.15) is 4.88 Å². The second kappa shape index (κ2) is 7.77. The van der Waals surface area contributed by atoms with Gasteiger partial charge in [0.05, 0.1) is 25.3 Å². The summed E-state index contributed by atoms with van der Waals surface area (Å²) in [5.41, 5.74) is 3.09. The second-order valence-electron chi connectivity index (χ2n) is 6.13. The number of ether oxygens (including phenoxy) is 2. The average molecular weight is 456 g/mol. The fraction of sp³-hybridized carbons (Fsp3) is 0.143. The molecule has 4 rings (SSSR count). The molecule has 0 aliphatic rings. The first-order chi connectivity index (χ1) is 13.6. The van der Waals surface area contributed by atoms with E-state index in [0.29, 0.717) is 5.75 Å². The first kappa shape index (κ1) is 18.7. The number of aryl methyl sites for hydroxylation is 1. The van der Waals surface area contributed by atoms with Gasteiger partial charge in [0, 0.05) is 21.0 Å². The first-order valence-corrected chi connectivity index (χ1v) is 10.2. The molecule has 0 aliphatic carbocycles. The monoisotopic (exact) mass is 455 g/mol. The summed E-state index contributed by atoms with van der Waals surface area (Å²) in [6, 6.07) is 13.9. The van der Waals surface area contributed by atoms with E-state index in [1.165, 1.54) is 4.88 Å². The highest BCUT2D eigenvalue weighted by Crippen LogP contribution is 2.42. The van der Waals surface area contributed by atoms with E-state index < -0.39 is 0 Å². The van der Waals surface area contributed by atoms with Crippen LogP contribution in [-0.2, 0) is 0 Å². The first-order valence-electron chi connectivity index (χ1n) is 8.59. The van der Waals surface area contributed by atoms with Crippen LogP contribution in [0.25, 0.3) is 21.3 Å². The number of benzene rings is 2. The Bertz CT molecular complexity index is 1140. The predicted molar refractivity (Wildman–Crippen MR) is 118 cm³/mol. The topological polar surface area (TPSA) is 56.3 Å². The number of thiophene rings is 1. The Morgan fingerprint density at radius 3 is 2.50 bits per heavy atom. The molecule has 4 aromatic rings. The maximum Gasteiger partial charge on any atom is 0.146 e. The molecule has 2 aromatic heterocycles. The number of rotatable bonds is 5. The zero-order valence-corrected chi connectivity index (χ0v) is 18.0. The Kier molecular flexibility index (Phi) is 5.19. The maximum absolute atomic E-state index is 5.52. The zero-order chi connectivity index (χ0) is 19.7. The highest BCUT2D eigenvalue weighted by Gasteiger charge is 2.18. The molecule has 7 heteroatoms. The van der Waals surface area contributed by atoms with E-state index in [-0.39, 0.29) is 0 Å². The fourth-order valence-electron chi connectivity index (χ4n) is 3.13. The van der Waals surface area contributed by atoms with Crippen LogP contribution in [0.3, 0.4) is 0 Å². The highest BCUT2D eigenvalue weighted by molar-refractivity contribution is 9.10. The molecule has 0 saturated carbocycles. The lowest BCUT2D eigenvalue weighted by molar-refractivity contribution is 0.395. The molecular formula is C21H18BrN3O2S. The van der Waals surface area contributed by atoms with Crippen LogP contribution in [0, 0.1) is 6.92 Å². The van der Waals surface area contributed by atoms with Crippen LogP contribution in [0.15, 0.2) is 53.3 Å². The number of nitrogens with one attached hydrogen (secondary N) is 1. The van der Waals surface area contributed by atoms with Crippen LogP contribution >= 0.6 is 27.3 Å². The van der Waals surface area contributed by atoms with E-state index in [2.05, 4.69) is 50.3 Å². The Morgan fingerprint density at radius 1 is 1.00 bits per heavy atom. The van der Waals surface area contributed by atoms with E-state index in [1.54, 1.807) is 31.9 Å². The Morgan fingerprint density at radius 2 is 1.79 bits per heavy atom. The lowest BCUT2D eigenvalue weighted by Crippen LogP contribution is -1.98. The molecule has 2 heterocycles. The number of hydrogen-bond acceptors (Lipinski definition) is 6. The molecule has 0 amide bonds. The Hall–Kier alpha value is -2.64. The van der Waals surface area contributed by atoms with Gasteiger partial charge in [0.1, 0.15) is 28.5 Å². The van der Waals surface area contributed by atoms with E-state index in [4.69, 9.17) is 9.47 Å². The van der Waals surface area contributed by atoms with Gasteiger partial charge in [-0.05, 0) is 36.8 Å². The number of aromatic nitrogens is 2. The lowest BCUT2D eigenvalue weighted by Gasteiger charge is -2.13. The van der Waals surface area contributed by atoms with Gasteiger partial charge in [-0.15, -0.1) is 11.3 Å². The molecule has 0 fully saturated rings. The summed E-state index contributed by atoms with van der Waals surface area (Å²) in [6.45, 7) is 2.11. The molecule has 5 nitrogen and oxygen atoms in total. The summed E-state index contributed by atoms with van der Waals surface area (Å²) < 4.78 is 11.9. The smallest absolute Gasteiger partial charge is 0.146 e. The van der Waals surface area contributed by atoms with Gasteiger partial charge < -0.3 is 14.8 Å². The van der Waals surface area contributed by atoms with Crippen molar-refractivity contribution in [2.45, 2.75) is 6.92 Å². The van der Waals surface area contributed by atoms with Crippen LogP contribution in [-0.4, -0.2) is 24.2 Å². The third-order valence-corrected chi connectivity index (χ3v) is 6.00. The number of anilines is 2. The molecule has 0 bridgehead atoms. The van der Waals surface area contributed by atoms with Gasteiger partial charge in [0.2, 0.25) is 0 Å². The lowest BCUT2D eigenvalue weighted by atomic mass is 10.0. The normalized spacial score (nSPS) is 10.9. The van der Waals surface area contributed by atoms with Gasteiger partial charge in [-0.3, -0.25) is 0 Å². The molecule has 2 aromatic carbocycles. The standard InChI is InChI=1S/C21H18BrN3O2S/c1-12-18(13-4-6-14(22)7-5-13)19-20(23-11-24-21(19)28-12)25-16-9-8-15(26-2)10-17(16)27-3/h4-11H,1-3H3,(H,23,24,25). The van der Waals surface area contributed by atoms with E-state index >= 15 is 0 Å². The van der Waals surface area contributed by atoms with Crippen LogP contribution in [0.2, 0.25) is 0 Å². The van der Waals surface area contributed by atoms with E-state index in [0.717, 1.165) is 43.1 Å². The van der Waals surface area contributed by atoms with Crippen molar-refractivity contribution in [2.75, 3.05) is 19.5 Å². The van der Waals surface area contributed by atoms with Crippen LogP contribution in [0.4, 0.5) is 11.5 Å². The summed E-state index contributed by atoms with van der Waals surface area (Å²) >= 11 is 5.17. The Labute approximate surface area is 175 Å². The average Bonchev–Trinajstić information content (AvgIpc) is 3.05. The minimum atomic E-state index is 0.684. The minimum Gasteiger partial charge on any atom is -0.497 e. The number of nitrogens with zero attached hydrogens (tertiary/aromatic N) is 2. The summed E-state index contributed by atoms with van der Waals surface area (Å²) in [7, 11) is 3.27. The highest BCUT2D eigenvalue weighted by atomic mass is 79.9. The van der Waals surface area contributed by atoms with Crippen molar-refractivity contribution in [2.24, 2.45) is 0 Å². The molecule has 1 N–H and O–H groups in total. The summed E-state index contributed by atoms with van der Waals surface area (Å²) in [6.07, 6.45) is 1.59. The minimum absolute atomic E-state index is 0.684. The van der Waals surface area contributed by atoms with Gasteiger partial charge in [-0.25, -0.2) is 9.97 Å². The number of hydrogen-bond donors (Lipinski definition) is 1. The molecule has 142 valence electrons. The van der Waals surface area contributed by atoms with Gasteiger partial charge in [0.15, 0.2) is 0 Å². The van der Waals surface area contributed by atoms with E-state index in [1.807, 2.05) is 30.3 Å². The molecule has 0 atom stereocenters. The van der Waals surface area contributed by atoms with Gasteiger partial charge in [0.25, 0.3) is 0 Å². The van der Waals surface area contributed by atoms with E-state index in [9.17, 15) is 0 Å². The Balaban J connectivity index is 1.86. The van der Waals surface area contributed by atoms with Crippen LogP contribution in [0.5, 0.6) is 11.5 Å². The van der Waals surface area contributed by atoms with Crippen LogP contribution < -0.4 is 14.8 Å². The van der Waals surface area contributed by atoms with Crippen molar-refractivity contribution in [3.63, 3.8) is 0 Å².